The predicted octanol–water partition coefficient (Wildman–Crippen LogP) is 1.63. The zero-order valence-electron chi connectivity index (χ0n) is 16.3. The molecule has 1 aromatic heterocycles. The fraction of sp³-hybridized carbons (Fsp3) is 0.647. The summed E-state index contributed by atoms with van der Waals surface area (Å²) >= 11 is 1.32. The molecule has 0 aliphatic carbocycles. The van der Waals surface area contributed by atoms with E-state index < -0.39 is 0 Å². The van der Waals surface area contributed by atoms with Crippen molar-refractivity contribution in [3.63, 3.8) is 0 Å². The third kappa shape index (κ3) is 6.62. The van der Waals surface area contributed by atoms with Crippen LogP contribution in [0.5, 0.6) is 0 Å². The third-order valence-electron chi connectivity index (χ3n) is 3.46. The lowest BCUT2D eigenvalue weighted by molar-refractivity contribution is -0.123. The van der Waals surface area contributed by atoms with Gasteiger partial charge in [0.15, 0.2) is 5.96 Å². The van der Waals surface area contributed by atoms with E-state index in [-0.39, 0.29) is 23.8 Å². The van der Waals surface area contributed by atoms with Gasteiger partial charge in [-0.3, -0.25) is 9.79 Å². The Bertz CT molecular complexity index is 642. The number of aromatic nitrogens is 1. The largest absolute Gasteiger partial charge is 0.462 e. The van der Waals surface area contributed by atoms with Gasteiger partial charge in [-0.1, -0.05) is 13.8 Å². The zero-order valence-corrected chi connectivity index (χ0v) is 17.1. The molecule has 0 saturated carbocycles. The molecule has 9 heteroatoms. The van der Waals surface area contributed by atoms with E-state index in [2.05, 4.69) is 25.9 Å². The van der Waals surface area contributed by atoms with Crippen LogP contribution in [0, 0.1) is 12.8 Å². The number of hydrogen-bond acceptors (Lipinski definition) is 6. The van der Waals surface area contributed by atoms with Gasteiger partial charge in [0.25, 0.3) is 0 Å². The lowest BCUT2D eigenvalue weighted by Gasteiger charge is -2.16. The lowest BCUT2D eigenvalue weighted by Crippen LogP contribution is -2.42. The number of amides is 1. The van der Waals surface area contributed by atoms with Crippen molar-refractivity contribution in [3.8, 4) is 0 Å². The normalized spacial score (nSPS) is 12.7. The number of nitrogens with one attached hydrogen (secondary N) is 3. The first-order valence-electron chi connectivity index (χ1n) is 8.69. The van der Waals surface area contributed by atoms with Gasteiger partial charge in [-0.05, 0) is 20.8 Å². The molecule has 0 bridgehead atoms. The maximum Gasteiger partial charge on any atom is 0.350 e. The molecule has 0 spiro atoms. The number of esters is 1. The van der Waals surface area contributed by atoms with E-state index in [4.69, 9.17) is 4.74 Å². The van der Waals surface area contributed by atoms with Crippen LogP contribution in [0.1, 0.15) is 54.1 Å². The first-order valence-corrected chi connectivity index (χ1v) is 9.51. The molecule has 0 fully saturated rings. The summed E-state index contributed by atoms with van der Waals surface area (Å²) in [6, 6.07) is -0.127. The van der Waals surface area contributed by atoms with Crippen LogP contribution in [0.4, 0.5) is 0 Å². The summed E-state index contributed by atoms with van der Waals surface area (Å²) in [7, 11) is 1.67. The molecule has 1 heterocycles. The third-order valence-corrected chi connectivity index (χ3v) is 4.78. The van der Waals surface area contributed by atoms with Gasteiger partial charge in [-0.15, -0.1) is 11.3 Å². The molecule has 3 N–H and O–H groups in total. The molecule has 1 atom stereocenters. The second kappa shape index (κ2) is 10.7. The average molecular weight is 384 g/mol. The molecule has 1 rings (SSSR count). The fourth-order valence-corrected chi connectivity index (χ4v) is 2.98. The SMILES string of the molecule is CCOC(=O)c1sc(C(C)NC(=NC)NCCNC(=O)C(C)C)nc1C. The fourth-order valence-electron chi connectivity index (χ4n) is 2.02. The molecule has 0 aliphatic heterocycles. The number of aryl methyl sites for hydroxylation is 1. The standard InChI is InChI=1S/C17H29N5O3S/c1-7-25-16(24)13-11(4)21-15(26-13)12(5)22-17(18-6)20-9-8-19-14(23)10(2)3/h10,12H,7-9H2,1-6H3,(H,19,23)(H2,18,20,22). The first-order chi connectivity index (χ1) is 12.3. The molecule has 0 aliphatic rings. The monoisotopic (exact) mass is 383 g/mol. The highest BCUT2D eigenvalue weighted by Crippen LogP contribution is 2.24. The van der Waals surface area contributed by atoms with Gasteiger partial charge in [0, 0.05) is 26.1 Å². The van der Waals surface area contributed by atoms with Crippen molar-refractivity contribution >= 4 is 29.2 Å². The van der Waals surface area contributed by atoms with Crippen LogP contribution in [0.25, 0.3) is 0 Å². The predicted molar refractivity (Wildman–Crippen MR) is 104 cm³/mol. The summed E-state index contributed by atoms with van der Waals surface area (Å²) in [6.45, 7) is 10.6. The van der Waals surface area contributed by atoms with Crippen LogP contribution in [-0.2, 0) is 9.53 Å². The number of guanidine groups is 1. The maximum atomic E-state index is 11.9. The second-order valence-corrected chi connectivity index (χ2v) is 7.03. The van der Waals surface area contributed by atoms with Crippen molar-refractivity contribution in [3.05, 3.63) is 15.6 Å². The number of carbonyl (C=O) groups is 2. The van der Waals surface area contributed by atoms with E-state index in [1.807, 2.05) is 20.8 Å². The van der Waals surface area contributed by atoms with Gasteiger partial charge in [0.05, 0.1) is 18.3 Å². The van der Waals surface area contributed by atoms with Crippen LogP contribution in [0.15, 0.2) is 4.99 Å². The molecule has 1 unspecified atom stereocenters. The van der Waals surface area contributed by atoms with Crippen LogP contribution in [0.3, 0.4) is 0 Å². The number of rotatable bonds is 8. The van der Waals surface area contributed by atoms with Crippen molar-refractivity contribution in [1.29, 1.82) is 0 Å². The van der Waals surface area contributed by atoms with Gasteiger partial charge >= 0.3 is 5.97 Å². The molecule has 1 aromatic rings. The Morgan fingerprint density at radius 1 is 1.23 bits per heavy atom. The summed E-state index contributed by atoms with van der Waals surface area (Å²) in [5.74, 6) is 0.244. The van der Waals surface area contributed by atoms with Crippen molar-refractivity contribution < 1.29 is 14.3 Å². The van der Waals surface area contributed by atoms with Gasteiger partial charge in [0.2, 0.25) is 5.91 Å². The summed E-state index contributed by atoms with van der Waals surface area (Å²) < 4.78 is 5.05. The van der Waals surface area contributed by atoms with Gasteiger partial charge < -0.3 is 20.7 Å². The number of hydrogen-bond donors (Lipinski definition) is 3. The molecule has 8 nitrogen and oxygen atoms in total. The van der Waals surface area contributed by atoms with Crippen LogP contribution < -0.4 is 16.0 Å². The molecular formula is C17H29N5O3S. The molecule has 146 valence electrons. The van der Waals surface area contributed by atoms with Crippen molar-refractivity contribution in [2.24, 2.45) is 10.9 Å². The van der Waals surface area contributed by atoms with E-state index in [0.717, 1.165) is 5.01 Å². The summed E-state index contributed by atoms with van der Waals surface area (Å²) in [4.78, 5) is 32.6. The minimum absolute atomic E-state index is 0.0212. The average Bonchev–Trinajstić information content (AvgIpc) is 2.99. The number of nitrogens with zero attached hydrogens (tertiary/aromatic N) is 2. The van der Waals surface area contributed by atoms with E-state index in [9.17, 15) is 9.59 Å². The van der Waals surface area contributed by atoms with Gasteiger partial charge in [-0.2, -0.15) is 0 Å². The van der Waals surface area contributed by atoms with Crippen molar-refractivity contribution in [2.45, 2.75) is 40.7 Å². The lowest BCUT2D eigenvalue weighted by atomic mass is 10.2. The highest BCUT2D eigenvalue weighted by molar-refractivity contribution is 7.13. The van der Waals surface area contributed by atoms with Gasteiger partial charge in [-0.25, -0.2) is 9.78 Å². The van der Waals surface area contributed by atoms with E-state index in [1.165, 1.54) is 11.3 Å². The highest BCUT2D eigenvalue weighted by atomic mass is 32.1. The van der Waals surface area contributed by atoms with Crippen LogP contribution >= 0.6 is 11.3 Å². The van der Waals surface area contributed by atoms with E-state index >= 15 is 0 Å². The molecule has 0 radical (unpaired) electrons. The Kier molecular flexibility index (Phi) is 9.04. The number of thiazole rings is 1. The highest BCUT2D eigenvalue weighted by Gasteiger charge is 2.20. The van der Waals surface area contributed by atoms with E-state index in [0.29, 0.717) is 36.2 Å². The molecule has 0 aromatic carbocycles. The van der Waals surface area contributed by atoms with Gasteiger partial charge in [0.1, 0.15) is 9.88 Å². The maximum absolute atomic E-state index is 11.9. The number of aliphatic imine (C=N–C) groups is 1. The molecule has 0 saturated heterocycles. The quantitative estimate of drug-likeness (QED) is 0.273. The molecular weight excluding hydrogens is 354 g/mol. The van der Waals surface area contributed by atoms with Crippen LogP contribution in [-0.4, -0.2) is 49.6 Å². The van der Waals surface area contributed by atoms with Crippen molar-refractivity contribution in [2.75, 3.05) is 26.7 Å². The Morgan fingerprint density at radius 2 is 1.88 bits per heavy atom. The smallest absolute Gasteiger partial charge is 0.350 e. The Morgan fingerprint density at radius 3 is 2.46 bits per heavy atom. The summed E-state index contributed by atoms with van der Waals surface area (Å²) in [5.41, 5.74) is 0.663. The Labute approximate surface area is 158 Å². The summed E-state index contributed by atoms with van der Waals surface area (Å²) in [5, 5.41) is 9.98. The minimum Gasteiger partial charge on any atom is -0.462 e. The Balaban J connectivity index is 2.57. The number of ether oxygens (including phenoxy) is 1. The Hall–Kier alpha value is -2.16. The van der Waals surface area contributed by atoms with E-state index in [1.54, 1.807) is 20.9 Å². The zero-order chi connectivity index (χ0) is 19.7. The molecule has 1 amide bonds. The molecule has 26 heavy (non-hydrogen) atoms. The summed E-state index contributed by atoms with van der Waals surface area (Å²) in [6.07, 6.45) is 0. The number of carbonyl (C=O) groups excluding carboxylic acids is 2. The first kappa shape index (κ1) is 21.9. The van der Waals surface area contributed by atoms with Crippen LogP contribution in [0.2, 0.25) is 0 Å². The second-order valence-electron chi connectivity index (χ2n) is 6.00. The minimum atomic E-state index is -0.343. The topological polar surface area (TPSA) is 105 Å². The van der Waals surface area contributed by atoms with Crippen molar-refractivity contribution in [1.82, 2.24) is 20.9 Å².